The normalized spacial score (nSPS) is 11.6. The van der Waals surface area contributed by atoms with E-state index in [4.69, 9.17) is 9.47 Å². The van der Waals surface area contributed by atoms with Crippen LogP contribution in [0.4, 0.5) is 0 Å². The molecule has 0 unspecified atom stereocenters. The van der Waals surface area contributed by atoms with Gasteiger partial charge in [-0.2, -0.15) is 0 Å². The van der Waals surface area contributed by atoms with Crippen molar-refractivity contribution in [3.63, 3.8) is 0 Å². The Balaban J connectivity index is 2.01. The van der Waals surface area contributed by atoms with E-state index in [0.717, 1.165) is 5.69 Å². The summed E-state index contributed by atoms with van der Waals surface area (Å²) < 4.78 is 10.4. The second-order valence-electron chi connectivity index (χ2n) is 6.66. The second-order valence-corrected chi connectivity index (χ2v) is 6.66. The van der Waals surface area contributed by atoms with E-state index in [2.05, 4.69) is 15.6 Å². The zero-order valence-corrected chi connectivity index (χ0v) is 16.7. The molecular formula is C21H27N3O4. The summed E-state index contributed by atoms with van der Waals surface area (Å²) in [6.45, 7) is 4.22. The SMILES string of the molecule is COc1cc(OC)cc(C(=O)N[C@H](C(=O)NCCc2ccccn2)C(C)C)c1. The van der Waals surface area contributed by atoms with Crippen LogP contribution in [0.5, 0.6) is 11.5 Å². The summed E-state index contributed by atoms with van der Waals surface area (Å²) in [4.78, 5) is 29.5. The first-order valence-electron chi connectivity index (χ1n) is 9.16. The number of amides is 2. The number of hydrogen-bond acceptors (Lipinski definition) is 5. The molecule has 0 aliphatic heterocycles. The summed E-state index contributed by atoms with van der Waals surface area (Å²) >= 11 is 0. The van der Waals surface area contributed by atoms with E-state index in [1.165, 1.54) is 14.2 Å². The molecule has 0 aliphatic rings. The third-order valence-electron chi connectivity index (χ3n) is 4.26. The van der Waals surface area contributed by atoms with Crippen molar-refractivity contribution in [2.24, 2.45) is 5.92 Å². The summed E-state index contributed by atoms with van der Waals surface area (Å²) in [7, 11) is 3.03. The minimum atomic E-state index is -0.659. The Morgan fingerprint density at radius 1 is 1.07 bits per heavy atom. The van der Waals surface area contributed by atoms with Crippen LogP contribution in [0.1, 0.15) is 29.9 Å². The Hall–Kier alpha value is -3.09. The number of nitrogens with zero attached hydrogens (tertiary/aromatic N) is 1. The van der Waals surface area contributed by atoms with Crippen molar-refractivity contribution in [2.75, 3.05) is 20.8 Å². The summed E-state index contributed by atoms with van der Waals surface area (Å²) in [6.07, 6.45) is 2.34. The Bertz CT molecular complexity index is 771. The number of hydrogen-bond donors (Lipinski definition) is 2. The van der Waals surface area contributed by atoms with Gasteiger partial charge in [-0.3, -0.25) is 14.6 Å². The number of pyridine rings is 1. The Morgan fingerprint density at radius 3 is 2.29 bits per heavy atom. The van der Waals surface area contributed by atoms with Gasteiger partial charge in [-0.15, -0.1) is 0 Å². The lowest BCUT2D eigenvalue weighted by Crippen LogP contribution is -2.50. The minimum absolute atomic E-state index is 0.0775. The molecule has 0 aliphatic carbocycles. The third-order valence-corrected chi connectivity index (χ3v) is 4.26. The molecule has 2 N–H and O–H groups in total. The number of carbonyl (C=O) groups is 2. The number of ether oxygens (including phenoxy) is 2. The molecule has 7 heteroatoms. The van der Waals surface area contributed by atoms with Gasteiger partial charge in [-0.25, -0.2) is 0 Å². The Morgan fingerprint density at radius 2 is 1.75 bits per heavy atom. The van der Waals surface area contributed by atoms with Gasteiger partial charge in [0.2, 0.25) is 5.91 Å². The van der Waals surface area contributed by atoms with Gasteiger partial charge in [0.15, 0.2) is 0 Å². The molecule has 1 aromatic carbocycles. The summed E-state index contributed by atoms with van der Waals surface area (Å²) in [6, 6.07) is 9.89. The van der Waals surface area contributed by atoms with E-state index in [0.29, 0.717) is 30.0 Å². The van der Waals surface area contributed by atoms with Crippen LogP contribution in [0.25, 0.3) is 0 Å². The number of carbonyl (C=O) groups excluding carboxylic acids is 2. The van der Waals surface area contributed by atoms with Gasteiger partial charge in [0.05, 0.1) is 14.2 Å². The third kappa shape index (κ3) is 5.97. The first kappa shape index (κ1) is 21.2. The molecular weight excluding hydrogens is 358 g/mol. The molecule has 1 heterocycles. The molecule has 2 amide bonds. The molecule has 2 aromatic rings. The molecule has 1 aromatic heterocycles. The monoisotopic (exact) mass is 385 g/mol. The van der Waals surface area contributed by atoms with Crippen molar-refractivity contribution in [3.8, 4) is 11.5 Å². The van der Waals surface area contributed by atoms with Gasteiger partial charge in [0.1, 0.15) is 17.5 Å². The highest BCUT2D eigenvalue weighted by molar-refractivity contribution is 5.98. The topological polar surface area (TPSA) is 89.5 Å². The Kier molecular flexibility index (Phi) is 7.80. The lowest BCUT2D eigenvalue weighted by Gasteiger charge is -2.22. The van der Waals surface area contributed by atoms with Crippen LogP contribution in [0, 0.1) is 5.92 Å². The van der Waals surface area contributed by atoms with Crippen molar-refractivity contribution >= 4 is 11.8 Å². The quantitative estimate of drug-likeness (QED) is 0.691. The Labute approximate surface area is 165 Å². The van der Waals surface area contributed by atoms with Crippen LogP contribution in [0.15, 0.2) is 42.6 Å². The zero-order valence-electron chi connectivity index (χ0n) is 16.7. The maximum atomic E-state index is 12.7. The van der Waals surface area contributed by atoms with Crippen molar-refractivity contribution in [1.29, 1.82) is 0 Å². The van der Waals surface area contributed by atoms with E-state index in [9.17, 15) is 9.59 Å². The highest BCUT2D eigenvalue weighted by Crippen LogP contribution is 2.22. The molecule has 0 saturated carbocycles. The van der Waals surface area contributed by atoms with Crippen LogP contribution in [0.3, 0.4) is 0 Å². The molecule has 28 heavy (non-hydrogen) atoms. The summed E-state index contributed by atoms with van der Waals surface area (Å²) in [5.74, 6) is 0.340. The van der Waals surface area contributed by atoms with Crippen LogP contribution < -0.4 is 20.1 Å². The molecule has 0 bridgehead atoms. The molecule has 150 valence electrons. The van der Waals surface area contributed by atoms with Gasteiger partial charge in [0, 0.05) is 36.5 Å². The van der Waals surface area contributed by atoms with Crippen LogP contribution in [0.2, 0.25) is 0 Å². The molecule has 7 nitrogen and oxygen atoms in total. The van der Waals surface area contributed by atoms with Gasteiger partial charge in [0.25, 0.3) is 5.91 Å². The average molecular weight is 385 g/mol. The van der Waals surface area contributed by atoms with Crippen LogP contribution in [-0.2, 0) is 11.2 Å². The lowest BCUT2D eigenvalue weighted by atomic mass is 10.0. The smallest absolute Gasteiger partial charge is 0.252 e. The van der Waals surface area contributed by atoms with Gasteiger partial charge < -0.3 is 20.1 Å². The summed E-state index contributed by atoms with van der Waals surface area (Å²) in [5, 5.41) is 5.68. The van der Waals surface area contributed by atoms with E-state index in [-0.39, 0.29) is 17.7 Å². The average Bonchev–Trinajstić information content (AvgIpc) is 2.71. The van der Waals surface area contributed by atoms with Crippen molar-refractivity contribution < 1.29 is 19.1 Å². The molecule has 1 atom stereocenters. The van der Waals surface area contributed by atoms with Crippen molar-refractivity contribution in [2.45, 2.75) is 26.3 Å². The first-order valence-corrected chi connectivity index (χ1v) is 9.16. The van der Waals surface area contributed by atoms with E-state index in [1.807, 2.05) is 32.0 Å². The molecule has 0 saturated heterocycles. The number of benzene rings is 1. The maximum absolute atomic E-state index is 12.7. The molecule has 0 spiro atoms. The largest absolute Gasteiger partial charge is 0.497 e. The number of nitrogens with one attached hydrogen (secondary N) is 2. The van der Waals surface area contributed by atoms with Crippen molar-refractivity contribution in [1.82, 2.24) is 15.6 Å². The highest BCUT2D eigenvalue weighted by Gasteiger charge is 2.25. The van der Waals surface area contributed by atoms with Crippen molar-refractivity contribution in [3.05, 3.63) is 53.9 Å². The van der Waals surface area contributed by atoms with Gasteiger partial charge in [-0.1, -0.05) is 19.9 Å². The maximum Gasteiger partial charge on any atom is 0.252 e. The highest BCUT2D eigenvalue weighted by atomic mass is 16.5. The fourth-order valence-corrected chi connectivity index (χ4v) is 2.67. The fraction of sp³-hybridized carbons (Fsp3) is 0.381. The molecule has 0 fully saturated rings. The summed E-state index contributed by atoms with van der Waals surface area (Å²) in [5.41, 5.74) is 1.26. The first-order chi connectivity index (χ1) is 13.4. The second kappa shape index (κ2) is 10.3. The number of aromatic nitrogens is 1. The van der Waals surface area contributed by atoms with Gasteiger partial charge in [-0.05, 0) is 30.2 Å². The predicted octanol–water partition coefficient (Wildman–Crippen LogP) is 2.21. The van der Waals surface area contributed by atoms with E-state index in [1.54, 1.807) is 24.4 Å². The lowest BCUT2D eigenvalue weighted by molar-refractivity contribution is -0.123. The van der Waals surface area contributed by atoms with Gasteiger partial charge >= 0.3 is 0 Å². The van der Waals surface area contributed by atoms with Crippen LogP contribution in [-0.4, -0.2) is 43.6 Å². The fourth-order valence-electron chi connectivity index (χ4n) is 2.67. The minimum Gasteiger partial charge on any atom is -0.497 e. The van der Waals surface area contributed by atoms with E-state index >= 15 is 0 Å². The molecule has 2 rings (SSSR count). The zero-order chi connectivity index (χ0) is 20.5. The standard InChI is InChI=1S/C21H27N3O4/c1-14(2)19(21(26)23-10-8-16-7-5-6-9-22-16)24-20(25)15-11-17(27-3)13-18(12-15)28-4/h5-7,9,11-14,19H,8,10H2,1-4H3,(H,23,26)(H,24,25)/t19-/m0/s1. The number of rotatable bonds is 9. The molecule has 0 radical (unpaired) electrons. The van der Waals surface area contributed by atoms with E-state index < -0.39 is 6.04 Å². The predicted molar refractivity (Wildman–Crippen MR) is 107 cm³/mol. The number of methoxy groups -OCH3 is 2. The van der Waals surface area contributed by atoms with Crippen LogP contribution >= 0.6 is 0 Å².